The molecule has 0 bridgehead atoms. The summed E-state index contributed by atoms with van der Waals surface area (Å²) in [5.74, 6) is -0.184. The zero-order chi connectivity index (χ0) is 26.5. The second-order valence-corrected chi connectivity index (χ2v) is 10.2. The second-order valence-electron chi connectivity index (χ2n) is 10.2. The first-order valence-electron chi connectivity index (χ1n) is 13.3. The number of fused-ring (bicyclic) bond motifs is 1. The van der Waals surface area contributed by atoms with Crippen molar-refractivity contribution in [1.29, 1.82) is 0 Å². The molecule has 1 saturated carbocycles. The van der Waals surface area contributed by atoms with E-state index in [-0.39, 0.29) is 23.7 Å². The summed E-state index contributed by atoms with van der Waals surface area (Å²) in [6.45, 7) is 6.02. The fraction of sp³-hybridized carbons (Fsp3) is 0.379. The summed E-state index contributed by atoms with van der Waals surface area (Å²) < 4.78 is 1.77. The van der Waals surface area contributed by atoms with Gasteiger partial charge in [-0.15, -0.1) is 0 Å². The van der Waals surface area contributed by atoms with Crippen LogP contribution in [-0.2, 0) is 16.6 Å². The third-order valence-corrected chi connectivity index (χ3v) is 7.88. The molecule has 0 aromatic carbocycles. The van der Waals surface area contributed by atoms with Crippen LogP contribution >= 0.6 is 0 Å². The lowest BCUT2D eigenvalue weighted by molar-refractivity contribution is -0.131. The summed E-state index contributed by atoms with van der Waals surface area (Å²) in [7, 11) is 0. The van der Waals surface area contributed by atoms with Gasteiger partial charge >= 0.3 is 0 Å². The molecule has 2 fully saturated rings. The number of hydrogen-bond acceptors (Lipinski definition) is 6. The van der Waals surface area contributed by atoms with E-state index in [2.05, 4.69) is 27.9 Å². The number of nitrogens with two attached hydrogens (primary N) is 1. The van der Waals surface area contributed by atoms with Crippen LogP contribution in [0.25, 0.3) is 5.65 Å². The zero-order valence-electron chi connectivity index (χ0n) is 21.7. The first-order valence-corrected chi connectivity index (χ1v) is 13.3. The Kier molecular flexibility index (Phi) is 7.44. The van der Waals surface area contributed by atoms with Gasteiger partial charge < -0.3 is 20.9 Å². The van der Waals surface area contributed by atoms with Crippen molar-refractivity contribution in [3.63, 3.8) is 0 Å². The van der Waals surface area contributed by atoms with Crippen LogP contribution < -0.4 is 11.1 Å². The fourth-order valence-corrected chi connectivity index (χ4v) is 5.72. The van der Waals surface area contributed by atoms with E-state index in [4.69, 9.17) is 5.73 Å². The predicted molar refractivity (Wildman–Crippen MR) is 146 cm³/mol. The maximum absolute atomic E-state index is 13.4. The molecule has 1 aliphatic heterocycles. The summed E-state index contributed by atoms with van der Waals surface area (Å²) in [5, 5.41) is 3.20. The lowest BCUT2D eigenvalue weighted by atomic mass is 9.70. The van der Waals surface area contributed by atoms with Gasteiger partial charge in [0.2, 0.25) is 5.91 Å². The smallest absolute Gasteiger partial charge is 0.268 e. The monoisotopic (exact) mass is 513 g/mol. The summed E-state index contributed by atoms with van der Waals surface area (Å²) in [6, 6.07) is 9.55. The van der Waals surface area contributed by atoms with Crippen molar-refractivity contribution in [2.45, 2.75) is 43.9 Å². The Morgan fingerprint density at radius 2 is 1.97 bits per heavy atom. The van der Waals surface area contributed by atoms with Crippen molar-refractivity contribution in [2.24, 2.45) is 5.73 Å². The van der Waals surface area contributed by atoms with Crippen molar-refractivity contribution in [3.05, 3.63) is 90.5 Å². The number of aromatic nitrogens is 3. The molecule has 2 aliphatic rings. The van der Waals surface area contributed by atoms with Gasteiger partial charge in [-0.2, -0.15) is 0 Å². The van der Waals surface area contributed by atoms with Gasteiger partial charge in [-0.3, -0.25) is 19.0 Å². The predicted octanol–water partition coefficient (Wildman–Crippen LogP) is 2.99. The average molecular weight is 514 g/mol. The standard InChI is InChI=1S/C29H35N7O2/c1-2-34-14-15-35(20-24(34)17-30)27(37)16-23-19-36-25(9-6-10-26(36)33-23)28(38)32-21-29(11-4-3-5-12-29)22-8-7-13-31-18-22/h2,6-10,13,17-19H,1,3-5,11-12,14-16,20-21,30H2,(H,32,38). The van der Waals surface area contributed by atoms with Crippen LogP contribution in [0.5, 0.6) is 0 Å². The maximum atomic E-state index is 13.4. The molecule has 3 N–H and O–H groups in total. The van der Waals surface area contributed by atoms with Crippen LogP contribution in [0.2, 0.25) is 0 Å². The minimum absolute atomic E-state index is 0.0295. The van der Waals surface area contributed by atoms with E-state index < -0.39 is 0 Å². The lowest BCUT2D eigenvalue weighted by Gasteiger charge is -2.37. The van der Waals surface area contributed by atoms with E-state index in [1.807, 2.05) is 29.3 Å². The molecule has 9 nitrogen and oxygen atoms in total. The van der Waals surface area contributed by atoms with Crippen molar-refractivity contribution in [3.8, 4) is 0 Å². The molecule has 2 amide bonds. The SMILES string of the molecule is C=CN1CCN(C(=O)Cc2cn3c(C(=O)NCC4(c5cccnc5)CCCCC4)cccc3n2)CC1=CN. The summed E-state index contributed by atoms with van der Waals surface area (Å²) in [6.07, 6.45) is 14.5. The number of carbonyl (C=O) groups excluding carboxylic acids is 2. The van der Waals surface area contributed by atoms with Gasteiger partial charge in [0.15, 0.2) is 0 Å². The van der Waals surface area contributed by atoms with Gasteiger partial charge in [-0.05, 0) is 42.8 Å². The van der Waals surface area contributed by atoms with Crippen LogP contribution in [0.1, 0.15) is 53.8 Å². The summed E-state index contributed by atoms with van der Waals surface area (Å²) >= 11 is 0. The average Bonchev–Trinajstić information content (AvgIpc) is 3.39. The Morgan fingerprint density at radius 3 is 2.71 bits per heavy atom. The quantitative estimate of drug-likeness (QED) is 0.503. The van der Waals surface area contributed by atoms with E-state index in [1.54, 1.807) is 34.0 Å². The largest absolute Gasteiger partial charge is 0.403 e. The lowest BCUT2D eigenvalue weighted by Crippen LogP contribution is -2.46. The highest BCUT2D eigenvalue weighted by Crippen LogP contribution is 2.38. The Morgan fingerprint density at radius 1 is 1.13 bits per heavy atom. The molecular formula is C29H35N7O2. The van der Waals surface area contributed by atoms with E-state index in [9.17, 15) is 9.59 Å². The van der Waals surface area contributed by atoms with Gasteiger partial charge in [-0.25, -0.2) is 4.98 Å². The van der Waals surface area contributed by atoms with Gasteiger partial charge in [-0.1, -0.05) is 38.0 Å². The molecule has 198 valence electrons. The number of imidazole rings is 1. The molecule has 3 aromatic heterocycles. The van der Waals surface area contributed by atoms with Gasteiger partial charge in [0.05, 0.1) is 24.4 Å². The Hall–Kier alpha value is -4.14. The number of hydrogen-bond donors (Lipinski definition) is 2. The molecule has 3 aromatic rings. The number of nitrogens with zero attached hydrogens (tertiary/aromatic N) is 5. The van der Waals surface area contributed by atoms with E-state index in [0.717, 1.165) is 31.4 Å². The first-order chi connectivity index (χ1) is 18.5. The summed E-state index contributed by atoms with van der Waals surface area (Å²) in [4.78, 5) is 39.1. The van der Waals surface area contributed by atoms with Gasteiger partial charge in [0, 0.05) is 49.8 Å². The fourth-order valence-electron chi connectivity index (χ4n) is 5.72. The molecule has 1 aliphatic carbocycles. The minimum atomic E-state index is -0.155. The molecule has 38 heavy (non-hydrogen) atoms. The highest BCUT2D eigenvalue weighted by Gasteiger charge is 2.34. The topological polar surface area (TPSA) is 109 Å². The molecule has 0 spiro atoms. The molecule has 4 heterocycles. The molecule has 1 saturated heterocycles. The number of nitrogens with one attached hydrogen (secondary N) is 1. The van der Waals surface area contributed by atoms with Crippen LogP contribution in [0.3, 0.4) is 0 Å². The normalized spacial score (nSPS) is 18.5. The number of rotatable bonds is 7. The molecule has 5 rings (SSSR count). The van der Waals surface area contributed by atoms with Crippen molar-refractivity contribution < 1.29 is 9.59 Å². The minimum Gasteiger partial charge on any atom is -0.403 e. The Labute approximate surface area is 223 Å². The molecular weight excluding hydrogens is 478 g/mol. The summed E-state index contributed by atoms with van der Waals surface area (Å²) in [5.41, 5.74) is 9.43. The van der Waals surface area contributed by atoms with Crippen molar-refractivity contribution in [1.82, 2.24) is 29.5 Å². The van der Waals surface area contributed by atoms with Crippen LogP contribution in [0.4, 0.5) is 0 Å². The molecule has 9 heteroatoms. The second kappa shape index (κ2) is 11.1. The highest BCUT2D eigenvalue weighted by molar-refractivity contribution is 5.93. The number of carbonyl (C=O) groups is 2. The zero-order valence-corrected chi connectivity index (χ0v) is 21.7. The van der Waals surface area contributed by atoms with Crippen molar-refractivity contribution >= 4 is 17.5 Å². The van der Waals surface area contributed by atoms with Gasteiger partial charge in [0.1, 0.15) is 11.3 Å². The number of amides is 2. The van der Waals surface area contributed by atoms with Crippen LogP contribution in [-0.4, -0.2) is 62.2 Å². The Bertz CT molecular complexity index is 1340. The highest BCUT2D eigenvalue weighted by atomic mass is 16.2. The molecule has 0 unspecified atom stereocenters. The van der Waals surface area contributed by atoms with E-state index in [0.29, 0.717) is 43.2 Å². The molecule has 0 atom stereocenters. The maximum Gasteiger partial charge on any atom is 0.268 e. The third-order valence-electron chi connectivity index (χ3n) is 7.88. The number of piperazine rings is 1. The van der Waals surface area contributed by atoms with Gasteiger partial charge in [0.25, 0.3) is 5.91 Å². The Balaban J connectivity index is 1.30. The van der Waals surface area contributed by atoms with E-state index in [1.165, 1.54) is 18.2 Å². The first kappa shape index (κ1) is 25.5. The molecule has 0 radical (unpaired) electrons. The number of pyridine rings is 2. The van der Waals surface area contributed by atoms with Crippen LogP contribution in [0, 0.1) is 0 Å². The van der Waals surface area contributed by atoms with E-state index >= 15 is 0 Å². The van der Waals surface area contributed by atoms with Crippen molar-refractivity contribution in [2.75, 3.05) is 26.2 Å². The van der Waals surface area contributed by atoms with Crippen LogP contribution in [0.15, 0.2) is 73.6 Å². The third kappa shape index (κ3) is 5.14.